The Morgan fingerprint density at radius 3 is 2.93 bits per heavy atom. The lowest BCUT2D eigenvalue weighted by atomic mass is 10.1. The predicted molar refractivity (Wildman–Crippen MR) is 57.3 cm³/mol. The molecule has 1 aliphatic carbocycles. The summed E-state index contributed by atoms with van der Waals surface area (Å²) in [6.45, 7) is 0. The maximum Gasteiger partial charge on any atom is 0.134 e. The number of fused-ring (bicyclic) bond motifs is 1. The molecule has 0 fully saturated rings. The molecular weight excluding hydrogens is 172 g/mol. The molecule has 1 nitrogen and oxygen atoms in total. The van der Waals surface area contributed by atoms with E-state index in [1.807, 2.05) is 18.2 Å². The van der Waals surface area contributed by atoms with Crippen molar-refractivity contribution in [1.82, 2.24) is 0 Å². The average molecular weight is 184 g/mol. The lowest BCUT2D eigenvalue weighted by Crippen LogP contribution is -1.85. The summed E-state index contributed by atoms with van der Waals surface area (Å²) in [4.78, 5) is 0. The van der Waals surface area contributed by atoms with Crippen molar-refractivity contribution in [1.29, 1.82) is 0 Å². The van der Waals surface area contributed by atoms with E-state index in [2.05, 4.69) is 24.3 Å². The van der Waals surface area contributed by atoms with Crippen molar-refractivity contribution >= 4 is 11.0 Å². The summed E-state index contributed by atoms with van der Waals surface area (Å²) in [6, 6.07) is 10.3. The molecule has 2 aromatic rings. The van der Waals surface area contributed by atoms with Gasteiger partial charge in [0.15, 0.2) is 0 Å². The van der Waals surface area contributed by atoms with E-state index in [0.29, 0.717) is 5.92 Å². The zero-order valence-electron chi connectivity index (χ0n) is 7.94. The number of para-hydroxylation sites is 1. The minimum absolute atomic E-state index is 0.502. The fourth-order valence-corrected chi connectivity index (χ4v) is 2.05. The Labute approximate surface area is 83.0 Å². The van der Waals surface area contributed by atoms with Crippen LogP contribution in [0.2, 0.25) is 0 Å². The van der Waals surface area contributed by atoms with Crippen LogP contribution in [0.25, 0.3) is 11.0 Å². The first kappa shape index (κ1) is 7.86. The van der Waals surface area contributed by atoms with E-state index in [4.69, 9.17) is 4.42 Å². The highest BCUT2D eigenvalue weighted by Crippen LogP contribution is 2.32. The van der Waals surface area contributed by atoms with Gasteiger partial charge in [-0.25, -0.2) is 0 Å². The lowest BCUT2D eigenvalue weighted by molar-refractivity contribution is 0.521. The Hall–Kier alpha value is -1.50. The largest absolute Gasteiger partial charge is 0.460 e. The van der Waals surface area contributed by atoms with Gasteiger partial charge in [-0.15, -0.1) is 0 Å². The SMILES string of the molecule is C1=C[C@H](c2cc3ccccc3o2)CC1. The van der Waals surface area contributed by atoms with Crippen LogP contribution in [-0.2, 0) is 0 Å². The Morgan fingerprint density at radius 2 is 2.14 bits per heavy atom. The zero-order valence-corrected chi connectivity index (χ0v) is 7.94. The summed E-state index contributed by atoms with van der Waals surface area (Å²) >= 11 is 0. The highest BCUT2D eigenvalue weighted by molar-refractivity contribution is 5.77. The predicted octanol–water partition coefficient (Wildman–Crippen LogP) is 3.87. The molecular formula is C13H12O. The van der Waals surface area contributed by atoms with E-state index in [1.54, 1.807) is 0 Å². The summed E-state index contributed by atoms with van der Waals surface area (Å²) in [5.74, 6) is 1.61. The zero-order chi connectivity index (χ0) is 9.38. The van der Waals surface area contributed by atoms with Gasteiger partial charge < -0.3 is 4.42 Å². The van der Waals surface area contributed by atoms with Crippen molar-refractivity contribution in [3.63, 3.8) is 0 Å². The second-order valence-corrected chi connectivity index (χ2v) is 3.80. The molecule has 0 saturated heterocycles. The molecule has 1 heteroatoms. The molecule has 0 aliphatic heterocycles. The standard InChI is InChI=1S/C13H12O/c1-2-6-10(5-1)13-9-11-7-3-4-8-12(11)14-13/h1,3-5,7-10H,2,6H2/t10-/m0/s1. The summed E-state index contributed by atoms with van der Waals surface area (Å²) in [5.41, 5.74) is 1.00. The first-order valence-electron chi connectivity index (χ1n) is 5.08. The first-order chi connectivity index (χ1) is 6.93. The molecule has 1 aliphatic rings. The van der Waals surface area contributed by atoms with Crippen molar-refractivity contribution in [3.8, 4) is 0 Å². The molecule has 0 N–H and O–H groups in total. The first-order valence-corrected chi connectivity index (χ1v) is 5.08. The maximum atomic E-state index is 5.80. The number of allylic oxidation sites excluding steroid dienone is 2. The van der Waals surface area contributed by atoms with E-state index < -0.39 is 0 Å². The molecule has 3 rings (SSSR count). The third-order valence-electron chi connectivity index (χ3n) is 2.82. The Kier molecular flexibility index (Phi) is 1.69. The molecule has 0 unspecified atom stereocenters. The van der Waals surface area contributed by atoms with Crippen LogP contribution in [0.5, 0.6) is 0 Å². The van der Waals surface area contributed by atoms with E-state index in [0.717, 1.165) is 11.3 Å². The molecule has 0 spiro atoms. The van der Waals surface area contributed by atoms with Crippen LogP contribution in [0.3, 0.4) is 0 Å². The van der Waals surface area contributed by atoms with Gasteiger partial charge in [-0.05, 0) is 25.0 Å². The average Bonchev–Trinajstić information content (AvgIpc) is 2.86. The van der Waals surface area contributed by atoms with Gasteiger partial charge in [0.25, 0.3) is 0 Å². The van der Waals surface area contributed by atoms with E-state index in [1.165, 1.54) is 18.2 Å². The summed E-state index contributed by atoms with van der Waals surface area (Å²) in [5, 5.41) is 1.21. The van der Waals surface area contributed by atoms with Crippen LogP contribution in [0.15, 0.2) is 46.9 Å². The monoisotopic (exact) mass is 184 g/mol. The Morgan fingerprint density at radius 1 is 1.21 bits per heavy atom. The molecule has 1 aromatic carbocycles. The van der Waals surface area contributed by atoms with Gasteiger partial charge in [-0.2, -0.15) is 0 Å². The van der Waals surface area contributed by atoms with E-state index in [-0.39, 0.29) is 0 Å². The van der Waals surface area contributed by atoms with Crippen molar-refractivity contribution in [2.75, 3.05) is 0 Å². The van der Waals surface area contributed by atoms with Gasteiger partial charge in [0.2, 0.25) is 0 Å². The third kappa shape index (κ3) is 1.17. The molecule has 1 atom stereocenters. The minimum atomic E-state index is 0.502. The smallest absolute Gasteiger partial charge is 0.134 e. The van der Waals surface area contributed by atoms with Crippen LogP contribution in [-0.4, -0.2) is 0 Å². The number of benzene rings is 1. The second kappa shape index (κ2) is 3.02. The van der Waals surface area contributed by atoms with Gasteiger partial charge >= 0.3 is 0 Å². The van der Waals surface area contributed by atoms with Crippen LogP contribution in [0, 0.1) is 0 Å². The highest BCUT2D eigenvalue weighted by atomic mass is 16.3. The lowest BCUT2D eigenvalue weighted by Gasteiger charge is -2.00. The van der Waals surface area contributed by atoms with Crippen LogP contribution >= 0.6 is 0 Å². The van der Waals surface area contributed by atoms with Crippen molar-refractivity contribution in [2.24, 2.45) is 0 Å². The van der Waals surface area contributed by atoms with Gasteiger partial charge in [0.05, 0.1) is 0 Å². The summed E-state index contributed by atoms with van der Waals surface area (Å²) < 4.78 is 5.80. The molecule has 1 heterocycles. The summed E-state index contributed by atoms with van der Waals surface area (Å²) in [6.07, 6.45) is 6.86. The van der Waals surface area contributed by atoms with Crippen molar-refractivity contribution in [2.45, 2.75) is 18.8 Å². The molecule has 0 saturated carbocycles. The molecule has 0 bridgehead atoms. The number of hydrogen-bond acceptors (Lipinski definition) is 1. The fourth-order valence-electron chi connectivity index (χ4n) is 2.05. The molecule has 14 heavy (non-hydrogen) atoms. The molecule has 70 valence electrons. The highest BCUT2D eigenvalue weighted by Gasteiger charge is 2.15. The molecule has 0 amide bonds. The van der Waals surface area contributed by atoms with Gasteiger partial charge in [-0.1, -0.05) is 30.4 Å². The Balaban J connectivity index is 2.09. The quantitative estimate of drug-likeness (QED) is 0.613. The number of furan rings is 1. The van der Waals surface area contributed by atoms with Gasteiger partial charge in [0, 0.05) is 11.3 Å². The molecule has 1 aromatic heterocycles. The number of rotatable bonds is 1. The van der Waals surface area contributed by atoms with E-state index >= 15 is 0 Å². The second-order valence-electron chi connectivity index (χ2n) is 3.80. The van der Waals surface area contributed by atoms with E-state index in [9.17, 15) is 0 Å². The molecule has 0 radical (unpaired) electrons. The topological polar surface area (TPSA) is 13.1 Å². The van der Waals surface area contributed by atoms with Crippen LogP contribution in [0.1, 0.15) is 24.5 Å². The minimum Gasteiger partial charge on any atom is -0.460 e. The fraction of sp³-hybridized carbons (Fsp3) is 0.231. The van der Waals surface area contributed by atoms with Gasteiger partial charge in [0.1, 0.15) is 11.3 Å². The van der Waals surface area contributed by atoms with Gasteiger partial charge in [-0.3, -0.25) is 0 Å². The maximum absolute atomic E-state index is 5.80. The summed E-state index contributed by atoms with van der Waals surface area (Å²) in [7, 11) is 0. The van der Waals surface area contributed by atoms with Crippen LogP contribution in [0.4, 0.5) is 0 Å². The normalized spacial score (nSPS) is 20.7. The van der Waals surface area contributed by atoms with Crippen LogP contribution < -0.4 is 0 Å². The van der Waals surface area contributed by atoms with Crippen molar-refractivity contribution < 1.29 is 4.42 Å². The Bertz CT molecular complexity index is 446. The van der Waals surface area contributed by atoms with Crippen molar-refractivity contribution in [3.05, 3.63) is 48.2 Å². The third-order valence-corrected chi connectivity index (χ3v) is 2.82. The number of hydrogen-bond donors (Lipinski definition) is 0.